The van der Waals surface area contributed by atoms with Crippen LogP contribution in [-0.2, 0) is 4.79 Å². The van der Waals surface area contributed by atoms with Crippen molar-refractivity contribution in [2.75, 3.05) is 13.6 Å². The van der Waals surface area contributed by atoms with Gasteiger partial charge in [0, 0.05) is 7.05 Å². The summed E-state index contributed by atoms with van der Waals surface area (Å²) < 4.78 is 0. The SMILES string of the molecule is CCCC(C)CN[C@H](C)C(=O)NC. The molecule has 0 aromatic rings. The molecule has 0 rings (SSSR count). The highest BCUT2D eigenvalue weighted by Crippen LogP contribution is 2.02. The number of likely N-dealkylation sites (N-methyl/N-ethyl adjacent to an activating group) is 1. The minimum absolute atomic E-state index is 0.0590. The third kappa shape index (κ3) is 5.64. The maximum absolute atomic E-state index is 11.1. The van der Waals surface area contributed by atoms with Gasteiger partial charge < -0.3 is 10.6 Å². The van der Waals surface area contributed by atoms with Gasteiger partial charge in [-0.05, 0) is 25.8 Å². The fourth-order valence-electron chi connectivity index (χ4n) is 1.28. The molecule has 0 aliphatic carbocycles. The molecule has 0 aromatic carbocycles. The van der Waals surface area contributed by atoms with Gasteiger partial charge in [0.15, 0.2) is 0 Å². The largest absolute Gasteiger partial charge is 0.358 e. The predicted octanol–water partition coefficient (Wildman–Crippen LogP) is 1.15. The molecular weight excluding hydrogens is 164 g/mol. The van der Waals surface area contributed by atoms with Crippen LogP contribution in [0.4, 0.5) is 0 Å². The van der Waals surface area contributed by atoms with Gasteiger partial charge in [-0.1, -0.05) is 20.3 Å². The van der Waals surface area contributed by atoms with E-state index in [0.29, 0.717) is 5.92 Å². The van der Waals surface area contributed by atoms with Crippen LogP contribution in [0.2, 0.25) is 0 Å². The molecule has 0 saturated carbocycles. The molecule has 0 aliphatic rings. The summed E-state index contributed by atoms with van der Waals surface area (Å²) in [6, 6.07) is -0.0793. The van der Waals surface area contributed by atoms with E-state index >= 15 is 0 Å². The van der Waals surface area contributed by atoms with Crippen LogP contribution in [0.3, 0.4) is 0 Å². The maximum atomic E-state index is 11.1. The first-order chi connectivity index (χ1) is 6.11. The molecule has 13 heavy (non-hydrogen) atoms. The van der Waals surface area contributed by atoms with E-state index in [2.05, 4.69) is 24.5 Å². The van der Waals surface area contributed by atoms with Crippen molar-refractivity contribution in [3.8, 4) is 0 Å². The Morgan fingerprint density at radius 1 is 1.38 bits per heavy atom. The Morgan fingerprint density at radius 3 is 2.46 bits per heavy atom. The first-order valence-electron chi connectivity index (χ1n) is 5.06. The average molecular weight is 186 g/mol. The zero-order chi connectivity index (χ0) is 10.3. The van der Waals surface area contributed by atoms with Crippen LogP contribution in [0.15, 0.2) is 0 Å². The lowest BCUT2D eigenvalue weighted by Gasteiger charge is -2.15. The topological polar surface area (TPSA) is 41.1 Å². The summed E-state index contributed by atoms with van der Waals surface area (Å²) in [5.41, 5.74) is 0. The fraction of sp³-hybridized carbons (Fsp3) is 0.900. The molecular formula is C10H22N2O. The lowest BCUT2D eigenvalue weighted by molar-refractivity contribution is -0.122. The molecule has 0 aromatic heterocycles. The molecule has 0 heterocycles. The third-order valence-corrected chi connectivity index (χ3v) is 2.19. The van der Waals surface area contributed by atoms with E-state index in [1.807, 2.05) is 6.92 Å². The van der Waals surface area contributed by atoms with Crippen LogP contribution in [-0.4, -0.2) is 25.5 Å². The van der Waals surface area contributed by atoms with Crippen LogP contribution in [0.5, 0.6) is 0 Å². The Kier molecular flexibility index (Phi) is 6.59. The molecule has 0 saturated heterocycles. The number of nitrogens with one attached hydrogen (secondary N) is 2. The van der Waals surface area contributed by atoms with Crippen LogP contribution in [0.25, 0.3) is 0 Å². The summed E-state index contributed by atoms with van der Waals surface area (Å²) in [5, 5.41) is 5.82. The highest BCUT2D eigenvalue weighted by atomic mass is 16.2. The highest BCUT2D eigenvalue weighted by Gasteiger charge is 2.10. The second-order valence-electron chi connectivity index (χ2n) is 3.64. The summed E-state index contributed by atoms with van der Waals surface area (Å²) >= 11 is 0. The van der Waals surface area contributed by atoms with Crippen LogP contribution in [0.1, 0.15) is 33.6 Å². The molecule has 78 valence electrons. The minimum atomic E-state index is -0.0793. The van der Waals surface area contributed by atoms with E-state index in [9.17, 15) is 4.79 Å². The van der Waals surface area contributed by atoms with Crippen molar-refractivity contribution >= 4 is 5.91 Å². The second-order valence-corrected chi connectivity index (χ2v) is 3.64. The normalized spacial score (nSPS) is 15.1. The van der Waals surface area contributed by atoms with Gasteiger partial charge in [0.25, 0.3) is 0 Å². The van der Waals surface area contributed by atoms with E-state index < -0.39 is 0 Å². The number of carbonyl (C=O) groups is 1. The number of rotatable bonds is 6. The van der Waals surface area contributed by atoms with Gasteiger partial charge in [0.1, 0.15) is 0 Å². The van der Waals surface area contributed by atoms with Crippen molar-refractivity contribution in [1.29, 1.82) is 0 Å². The zero-order valence-corrected chi connectivity index (χ0v) is 9.18. The fourth-order valence-corrected chi connectivity index (χ4v) is 1.28. The Labute approximate surface area is 81.3 Å². The van der Waals surface area contributed by atoms with E-state index in [1.165, 1.54) is 12.8 Å². The molecule has 1 amide bonds. The molecule has 0 aliphatic heterocycles. The first-order valence-corrected chi connectivity index (χ1v) is 5.06. The van der Waals surface area contributed by atoms with E-state index in [0.717, 1.165) is 6.54 Å². The van der Waals surface area contributed by atoms with Gasteiger partial charge in [-0.3, -0.25) is 4.79 Å². The molecule has 0 radical (unpaired) electrons. The molecule has 2 N–H and O–H groups in total. The lowest BCUT2D eigenvalue weighted by atomic mass is 10.1. The van der Waals surface area contributed by atoms with E-state index in [-0.39, 0.29) is 11.9 Å². The first kappa shape index (κ1) is 12.4. The highest BCUT2D eigenvalue weighted by molar-refractivity contribution is 5.80. The Balaban J connectivity index is 3.56. The van der Waals surface area contributed by atoms with Crippen molar-refractivity contribution in [2.45, 2.75) is 39.7 Å². The van der Waals surface area contributed by atoms with Crippen molar-refractivity contribution in [2.24, 2.45) is 5.92 Å². The van der Waals surface area contributed by atoms with Crippen LogP contribution in [0, 0.1) is 5.92 Å². The predicted molar refractivity (Wildman–Crippen MR) is 55.6 cm³/mol. The summed E-state index contributed by atoms with van der Waals surface area (Å²) in [7, 11) is 1.66. The second kappa shape index (κ2) is 6.89. The quantitative estimate of drug-likeness (QED) is 0.653. The Bertz CT molecular complexity index is 148. The van der Waals surface area contributed by atoms with E-state index in [1.54, 1.807) is 7.05 Å². The van der Waals surface area contributed by atoms with Gasteiger partial charge in [0.05, 0.1) is 6.04 Å². The molecule has 0 spiro atoms. The van der Waals surface area contributed by atoms with E-state index in [4.69, 9.17) is 0 Å². The van der Waals surface area contributed by atoms with Crippen molar-refractivity contribution < 1.29 is 4.79 Å². The molecule has 2 atom stereocenters. The van der Waals surface area contributed by atoms with Gasteiger partial charge in [-0.25, -0.2) is 0 Å². The standard InChI is InChI=1S/C10H22N2O/c1-5-6-8(2)7-12-9(3)10(13)11-4/h8-9,12H,5-7H2,1-4H3,(H,11,13)/t8?,9-/m1/s1. The van der Waals surface area contributed by atoms with Crippen LogP contribution < -0.4 is 10.6 Å². The number of amides is 1. The lowest BCUT2D eigenvalue weighted by Crippen LogP contribution is -2.42. The summed E-state index contributed by atoms with van der Waals surface area (Å²) in [6.07, 6.45) is 2.42. The smallest absolute Gasteiger partial charge is 0.236 e. The number of hydrogen-bond acceptors (Lipinski definition) is 2. The van der Waals surface area contributed by atoms with Crippen LogP contribution >= 0.6 is 0 Å². The number of hydrogen-bond donors (Lipinski definition) is 2. The zero-order valence-electron chi connectivity index (χ0n) is 9.18. The molecule has 3 heteroatoms. The number of carbonyl (C=O) groups excluding carboxylic acids is 1. The molecule has 0 fully saturated rings. The van der Waals surface area contributed by atoms with Gasteiger partial charge in [0.2, 0.25) is 5.91 Å². The third-order valence-electron chi connectivity index (χ3n) is 2.19. The Morgan fingerprint density at radius 2 is 2.00 bits per heavy atom. The van der Waals surface area contributed by atoms with Crippen molar-refractivity contribution in [1.82, 2.24) is 10.6 Å². The molecule has 1 unspecified atom stereocenters. The van der Waals surface area contributed by atoms with Gasteiger partial charge >= 0.3 is 0 Å². The molecule has 3 nitrogen and oxygen atoms in total. The van der Waals surface area contributed by atoms with Crippen molar-refractivity contribution in [3.05, 3.63) is 0 Å². The van der Waals surface area contributed by atoms with Crippen molar-refractivity contribution in [3.63, 3.8) is 0 Å². The molecule has 0 bridgehead atoms. The monoisotopic (exact) mass is 186 g/mol. The van der Waals surface area contributed by atoms with Gasteiger partial charge in [-0.15, -0.1) is 0 Å². The minimum Gasteiger partial charge on any atom is -0.358 e. The summed E-state index contributed by atoms with van der Waals surface area (Å²) in [6.45, 7) is 7.19. The summed E-state index contributed by atoms with van der Waals surface area (Å²) in [4.78, 5) is 11.1. The average Bonchev–Trinajstić information content (AvgIpc) is 2.13. The Hall–Kier alpha value is -0.570. The maximum Gasteiger partial charge on any atom is 0.236 e. The summed E-state index contributed by atoms with van der Waals surface area (Å²) in [5.74, 6) is 0.709. The van der Waals surface area contributed by atoms with Gasteiger partial charge in [-0.2, -0.15) is 0 Å².